The van der Waals surface area contributed by atoms with Crippen molar-refractivity contribution in [2.75, 3.05) is 30.9 Å². The fourth-order valence-electron chi connectivity index (χ4n) is 4.56. The van der Waals surface area contributed by atoms with Gasteiger partial charge in [-0.2, -0.15) is 0 Å². The zero-order chi connectivity index (χ0) is 25.9. The maximum absolute atomic E-state index is 12.9. The number of methoxy groups -OCH3 is 1. The second-order valence-electron chi connectivity index (χ2n) is 8.98. The standard InChI is InChI=1S/C27H26N4O6/c1-36-25-14-18(6-9-24(25)31(34)35)17-5-7-20-22(13-17)29-23-11-16(4-8-21(23)30-27(20)33)12-26(32)28-15-19-3-2-10-37-19/h4-9,11,13-14,19,29H,2-3,10,12,15H2,1H3,(H,28,32)(H,30,33)/t19-/m0/s1. The van der Waals surface area contributed by atoms with Gasteiger partial charge in [-0.05, 0) is 65.9 Å². The number of nitrogens with one attached hydrogen (secondary N) is 3. The number of carbonyl (C=O) groups is 2. The number of nitro benzene ring substituents is 1. The van der Waals surface area contributed by atoms with Crippen molar-refractivity contribution in [3.05, 3.63) is 75.8 Å². The third kappa shape index (κ3) is 5.24. The number of benzene rings is 3. The lowest BCUT2D eigenvalue weighted by atomic mass is 10.0. The molecule has 0 radical (unpaired) electrons. The van der Waals surface area contributed by atoms with Crippen LogP contribution in [0.2, 0.25) is 0 Å². The van der Waals surface area contributed by atoms with Crippen LogP contribution < -0.4 is 20.7 Å². The molecule has 2 amide bonds. The van der Waals surface area contributed by atoms with Crippen LogP contribution in [0, 0.1) is 10.1 Å². The minimum atomic E-state index is -0.497. The number of rotatable bonds is 7. The van der Waals surface area contributed by atoms with Crippen molar-refractivity contribution in [1.82, 2.24) is 5.32 Å². The number of hydrogen-bond acceptors (Lipinski definition) is 7. The van der Waals surface area contributed by atoms with Crippen molar-refractivity contribution in [1.29, 1.82) is 0 Å². The molecule has 10 nitrogen and oxygen atoms in total. The zero-order valence-electron chi connectivity index (χ0n) is 20.2. The number of fused-ring (bicyclic) bond motifs is 2. The van der Waals surface area contributed by atoms with Gasteiger partial charge in [0.25, 0.3) is 5.91 Å². The van der Waals surface area contributed by atoms with Gasteiger partial charge in [-0.15, -0.1) is 0 Å². The van der Waals surface area contributed by atoms with E-state index < -0.39 is 4.92 Å². The average molecular weight is 503 g/mol. The molecule has 1 atom stereocenters. The molecule has 2 aliphatic heterocycles. The first kappa shape index (κ1) is 24.3. The summed E-state index contributed by atoms with van der Waals surface area (Å²) in [4.78, 5) is 36.1. The van der Waals surface area contributed by atoms with E-state index in [2.05, 4.69) is 16.0 Å². The second kappa shape index (κ2) is 10.3. The summed E-state index contributed by atoms with van der Waals surface area (Å²) in [6.07, 6.45) is 2.25. The van der Waals surface area contributed by atoms with Crippen LogP contribution in [0.3, 0.4) is 0 Å². The smallest absolute Gasteiger partial charge is 0.310 e. The number of nitro groups is 1. The normalized spacial score (nSPS) is 16.0. The molecular weight excluding hydrogens is 476 g/mol. The largest absolute Gasteiger partial charge is 0.490 e. The van der Waals surface area contributed by atoms with Crippen LogP contribution in [0.5, 0.6) is 5.75 Å². The Morgan fingerprint density at radius 1 is 1.08 bits per heavy atom. The van der Waals surface area contributed by atoms with Crippen LogP contribution in [0.25, 0.3) is 11.1 Å². The number of hydrogen-bond donors (Lipinski definition) is 3. The van der Waals surface area contributed by atoms with E-state index in [4.69, 9.17) is 9.47 Å². The number of ether oxygens (including phenoxy) is 2. The molecule has 190 valence electrons. The number of carbonyl (C=O) groups excluding carboxylic acids is 2. The van der Waals surface area contributed by atoms with E-state index in [1.165, 1.54) is 13.2 Å². The minimum Gasteiger partial charge on any atom is -0.490 e. The lowest BCUT2D eigenvalue weighted by Gasteiger charge is -2.13. The van der Waals surface area contributed by atoms with Crippen molar-refractivity contribution < 1.29 is 24.0 Å². The van der Waals surface area contributed by atoms with Gasteiger partial charge in [-0.3, -0.25) is 19.7 Å². The number of amides is 2. The fraction of sp³-hybridized carbons (Fsp3) is 0.259. The Labute approximate surface area is 213 Å². The van der Waals surface area contributed by atoms with Gasteiger partial charge in [-0.1, -0.05) is 12.1 Å². The molecule has 0 aliphatic carbocycles. The van der Waals surface area contributed by atoms with Crippen molar-refractivity contribution in [3.8, 4) is 16.9 Å². The van der Waals surface area contributed by atoms with Gasteiger partial charge in [0.1, 0.15) is 0 Å². The van der Waals surface area contributed by atoms with Crippen molar-refractivity contribution in [2.24, 2.45) is 0 Å². The van der Waals surface area contributed by atoms with E-state index in [1.807, 2.05) is 18.2 Å². The monoisotopic (exact) mass is 502 g/mol. The molecule has 1 fully saturated rings. The molecule has 0 saturated carbocycles. The summed E-state index contributed by atoms with van der Waals surface area (Å²) in [7, 11) is 1.38. The highest BCUT2D eigenvalue weighted by Gasteiger charge is 2.22. The van der Waals surface area contributed by atoms with E-state index in [-0.39, 0.29) is 35.8 Å². The number of anilines is 3. The predicted octanol–water partition coefficient (Wildman–Crippen LogP) is 4.42. The quantitative estimate of drug-likeness (QED) is 0.322. The van der Waals surface area contributed by atoms with Crippen LogP contribution in [-0.4, -0.2) is 43.1 Å². The highest BCUT2D eigenvalue weighted by atomic mass is 16.6. The molecule has 0 bridgehead atoms. The Kier molecular flexibility index (Phi) is 6.74. The van der Waals surface area contributed by atoms with Gasteiger partial charge >= 0.3 is 5.69 Å². The predicted molar refractivity (Wildman–Crippen MR) is 138 cm³/mol. The molecule has 1 saturated heterocycles. The first-order valence-corrected chi connectivity index (χ1v) is 12.0. The van der Waals surface area contributed by atoms with E-state index in [0.717, 1.165) is 30.6 Å². The van der Waals surface area contributed by atoms with Gasteiger partial charge in [0.15, 0.2) is 5.75 Å². The molecule has 2 aliphatic rings. The average Bonchev–Trinajstić information content (AvgIpc) is 3.37. The zero-order valence-corrected chi connectivity index (χ0v) is 20.2. The first-order valence-electron chi connectivity index (χ1n) is 12.0. The molecule has 3 aromatic rings. The summed E-state index contributed by atoms with van der Waals surface area (Å²) >= 11 is 0. The summed E-state index contributed by atoms with van der Waals surface area (Å²) in [6, 6.07) is 15.4. The Bertz CT molecular complexity index is 1380. The molecule has 0 spiro atoms. The van der Waals surface area contributed by atoms with Crippen LogP contribution in [-0.2, 0) is 16.0 Å². The molecule has 3 aromatic carbocycles. The van der Waals surface area contributed by atoms with Gasteiger partial charge in [0.05, 0.1) is 47.2 Å². The van der Waals surface area contributed by atoms with Crippen LogP contribution in [0.4, 0.5) is 22.7 Å². The summed E-state index contributed by atoms with van der Waals surface area (Å²) in [6.45, 7) is 1.24. The molecule has 0 unspecified atom stereocenters. The molecule has 37 heavy (non-hydrogen) atoms. The van der Waals surface area contributed by atoms with E-state index in [1.54, 1.807) is 30.3 Å². The van der Waals surface area contributed by atoms with Gasteiger partial charge in [-0.25, -0.2) is 0 Å². The van der Waals surface area contributed by atoms with Gasteiger partial charge < -0.3 is 25.4 Å². The lowest BCUT2D eigenvalue weighted by molar-refractivity contribution is -0.385. The van der Waals surface area contributed by atoms with Crippen LogP contribution in [0.15, 0.2) is 54.6 Å². The molecule has 10 heteroatoms. The topological polar surface area (TPSA) is 132 Å². The van der Waals surface area contributed by atoms with Gasteiger partial charge in [0.2, 0.25) is 5.91 Å². The van der Waals surface area contributed by atoms with Crippen LogP contribution in [0.1, 0.15) is 28.8 Å². The highest BCUT2D eigenvalue weighted by molar-refractivity contribution is 6.12. The van der Waals surface area contributed by atoms with Crippen molar-refractivity contribution in [2.45, 2.75) is 25.4 Å². The Balaban J connectivity index is 1.38. The third-order valence-corrected chi connectivity index (χ3v) is 6.49. The second-order valence-corrected chi connectivity index (χ2v) is 8.98. The summed E-state index contributed by atoms with van der Waals surface area (Å²) in [5.41, 5.74) is 4.41. The van der Waals surface area contributed by atoms with E-state index >= 15 is 0 Å². The molecule has 3 N–H and O–H groups in total. The Morgan fingerprint density at radius 3 is 2.65 bits per heavy atom. The Morgan fingerprint density at radius 2 is 1.89 bits per heavy atom. The van der Waals surface area contributed by atoms with E-state index in [9.17, 15) is 19.7 Å². The van der Waals surface area contributed by atoms with Crippen molar-refractivity contribution in [3.63, 3.8) is 0 Å². The molecular formula is C27H26N4O6. The molecule has 2 heterocycles. The van der Waals surface area contributed by atoms with Gasteiger partial charge in [0, 0.05) is 19.2 Å². The van der Waals surface area contributed by atoms with Crippen molar-refractivity contribution >= 4 is 34.6 Å². The minimum absolute atomic E-state index is 0.0780. The van der Waals surface area contributed by atoms with Crippen LogP contribution >= 0.6 is 0 Å². The number of nitrogens with zero attached hydrogens (tertiary/aromatic N) is 1. The molecule has 0 aromatic heterocycles. The summed E-state index contributed by atoms with van der Waals surface area (Å²) < 4.78 is 10.7. The lowest BCUT2D eigenvalue weighted by Crippen LogP contribution is -2.32. The highest BCUT2D eigenvalue weighted by Crippen LogP contribution is 2.37. The maximum atomic E-state index is 12.9. The Hall–Kier alpha value is -4.44. The van der Waals surface area contributed by atoms with E-state index in [0.29, 0.717) is 34.7 Å². The maximum Gasteiger partial charge on any atom is 0.310 e. The molecule has 5 rings (SSSR count). The SMILES string of the molecule is COc1cc(-c2ccc3c(c2)Nc2cc(CC(=O)NC[C@@H]4CCCO4)ccc2NC3=O)ccc1[N+](=O)[O-]. The third-order valence-electron chi connectivity index (χ3n) is 6.49. The summed E-state index contributed by atoms with van der Waals surface area (Å²) in [5, 5.41) is 20.4. The fourth-order valence-corrected chi connectivity index (χ4v) is 4.56. The first-order chi connectivity index (χ1) is 17.9. The summed E-state index contributed by atoms with van der Waals surface area (Å²) in [5.74, 6) is -0.213.